The van der Waals surface area contributed by atoms with E-state index in [9.17, 15) is 8.42 Å². The van der Waals surface area contributed by atoms with Crippen LogP contribution in [0.5, 0.6) is 0 Å². The standard InChI is InChI=1S/C11H17N3O2S2/c15-18(16,9-3-5-12-6-4-9)14-11-13-10(7-17-11)8-1-2-8/h7-9,12H,1-6H2,(H,13,14). The van der Waals surface area contributed by atoms with Crippen molar-refractivity contribution in [3.63, 3.8) is 0 Å². The number of aromatic nitrogens is 1. The zero-order chi connectivity index (χ0) is 12.6. The summed E-state index contributed by atoms with van der Waals surface area (Å²) < 4.78 is 27.0. The van der Waals surface area contributed by atoms with Crippen LogP contribution in [0.3, 0.4) is 0 Å². The van der Waals surface area contributed by atoms with Crippen LogP contribution >= 0.6 is 11.3 Å². The fourth-order valence-corrected chi connectivity index (χ4v) is 4.70. The molecule has 2 fully saturated rings. The molecule has 1 aliphatic heterocycles. The fourth-order valence-electron chi connectivity index (χ4n) is 2.21. The summed E-state index contributed by atoms with van der Waals surface area (Å²) in [5, 5.41) is 5.38. The number of anilines is 1. The van der Waals surface area contributed by atoms with E-state index in [1.807, 2.05) is 5.38 Å². The van der Waals surface area contributed by atoms with E-state index < -0.39 is 10.0 Å². The van der Waals surface area contributed by atoms with E-state index in [1.54, 1.807) is 0 Å². The van der Waals surface area contributed by atoms with Crippen LogP contribution in [-0.4, -0.2) is 31.7 Å². The third-order valence-electron chi connectivity index (χ3n) is 3.47. The monoisotopic (exact) mass is 287 g/mol. The highest BCUT2D eigenvalue weighted by molar-refractivity contribution is 7.93. The molecular weight excluding hydrogens is 270 g/mol. The van der Waals surface area contributed by atoms with E-state index >= 15 is 0 Å². The fraction of sp³-hybridized carbons (Fsp3) is 0.727. The molecule has 1 aromatic heterocycles. The van der Waals surface area contributed by atoms with Crippen molar-refractivity contribution in [3.05, 3.63) is 11.1 Å². The van der Waals surface area contributed by atoms with Crippen LogP contribution in [0.4, 0.5) is 5.13 Å². The Morgan fingerprint density at radius 2 is 2.00 bits per heavy atom. The number of thiazole rings is 1. The molecule has 7 heteroatoms. The molecule has 0 bridgehead atoms. The minimum atomic E-state index is -3.27. The number of piperidine rings is 1. The average Bonchev–Trinajstić information content (AvgIpc) is 3.12. The lowest BCUT2D eigenvalue weighted by Crippen LogP contribution is -2.38. The second kappa shape index (κ2) is 4.79. The first-order valence-corrected chi connectivity index (χ1v) is 8.75. The van der Waals surface area contributed by atoms with Gasteiger partial charge in [-0.25, -0.2) is 13.4 Å². The first-order chi connectivity index (χ1) is 8.65. The van der Waals surface area contributed by atoms with Crippen molar-refractivity contribution >= 4 is 26.5 Å². The quantitative estimate of drug-likeness (QED) is 0.880. The maximum Gasteiger partial charge on any atom is 0.237 e. The van der Waals surface area contributed by atoms with Gasteiger partial charge < -0.3 is 5.32 Å². The lowest BCUT2D eigenvalue weighted by atomic mass is 10.2. The van der Waals surface area contributed by atoms with Crippen molar-refractivity contribution in [3.8, 4) is 0 Å². The molecule has 0 unspecified atom stereocenters. The molecule has 0 amide bonds. The van der Waals surface area contributed by atoms with E-state index in [1.165, 1.54) is 24.2 Å². The molecule has 0 atom stereocenters. The predicted octanol–water partition coefficient (Wildman–Crippen LogP) is 1.51. The highest BCUT2D eigenvalue weighted by atomic mass is 32.2. The summed E-state index contributed by atoms with van der Waals surface area (Å²) in [6.45, 7) is 1.55. The molecule has 2 aliphatic rings. The molecule has 2 N–H and O–H groups in total. The van der Waals surface area contributed by atoms with Gasteiger partial charge in [0.05, 0.1) is 10.9 Å². The van der Waals surface area contributed by atoms with Gasteiger partial charge in [-0.2, -0.15) is 0 Å². The van der Waals surface area contributed by atoms with Crippen LogP contribution in [0.2, 0.25) is 0 Å². The topological polar surface area (TPSA) is 71.1 Å². The third kappa shape index (κ3) is 2.67. The molecule has 1 saturated heterocycles. The maximum absolute atomic E-state index is 12.2. The normalized spacial score (nSPS) is 22.0. The Bertz CT molecular complexity index is 516. The van der Waals surface area contributed by atoms with Gasteiger partial charge in [-0.1, -0.05) is 0 Å². The first kappa shape index (κ1) is 12.4. The van der Waals surface area contributed by atoms with Gasteiger partial charge >= 0.3 is 0 Å². The number of nitrogens with one attached hydrogen (secondary N) is 2. The lowest BCUT2D eigenvalue weighted by Gasteiger charge is -2.22. The SMILES string of the molecule is O=S(=O)(Nc1nc(C2CC2)cs1)C1CCNCC1. The first-order valence-electron chi connectivity index (χ1n) is 6.33. The zero-order valence-corrected chi connectivity index (χ0v) is 11.7. The Morgan fingerprint density at radius 1 is 1.28 bits per heavy atom. The van der Waals surface area contributed by atoms with Crippen LogP contribution in [-0.2, 0) is 10.0 Å². The third-order valence-corrected chi connectivity index (χ3v) is 6.20. The second-order valence-corrected chi connectivity index (χ2v) is 7.77. The van der Waals surface area contributed by atoms with Gasteiger partial charge in [0.15, 0.2) is 5.13 Å². The van der Waals surface area contributed by atoms with Crippen LogP contribution < -0.4 is 10.0 Å². The van der Waals surface area contributed by atoms with Crippen molar-refractivity contribution in [2.24, 2.45) is 0 Å². The van der Waals surface area contributed by atoms with Crippen LogP contribution in [0.15, 0.2) is 5.38 Å². The van der Waals surface area contributed by atoms with Crippen LogP contribution in [0.25, 0.3) is 0 Å². The molecule has 2 heterocycles. The van der Waals surface area contributed by atoms with Gasteiger partial charge in [-0.3, -0.25) is 4.72 Å². The summed E-state index contributed by atoms with van der Waals surface area (Å²) in [7, 11) is -3.27. The summed E-state index contributed by atoms with van der Waals surface area (Å²) in [5.41, 5.74) is 1.04. The van der Waals surface area contributed by atoms with Crippen molar-refractivity contribution in [1.82, 2.24) is 10.3 Å². The summed E-state index contributed by atoms with van der Waals surface area (Å²) in [6, 6.07) is 0. The van der Waals surface area contributed by atoms with E-state index in [4.69, 9.17) is 0 Å². The predicted molar refractivity (Wildman–Crippen MR) is 72.5 cm³/mol. The van der Waals surface area contributed by atoms with Gasteiger partial charge in [0.1, 0.15) is 0 Å². The largest absolute Gasteiger partial charge is 0.317 e. The zero-order valence-electron chi connectivity index (χ0n) is 10.1. The smallest absolute Gasteiger partial charge is 0.237 e. The van der Waals surface area contributed by atoms with Gasteiger partial charge in [0.2, 0.25) is 10.0 Å². The Labute approximate surface area is 111 Å². The highest BCUT2D eigenvalue weighted by Gasteiger charge is 2.29. The van der Waals surface area contributed by atoms with Gasteiger partial charge in [-0.05, 0) is 38.8 Å². The van der Waals surface area contributed by atoms with E-state index in [2.05, 4.69) is 15.0 Å². The summed E-state index contributed by atoms with van der Waals surface area (Å²) >= 11 is 1.39. The highest BCUT2D eigenvalue weighted by Crippen LogP contribution is 2.41. The molecule has 18 heavy (non-hydrogen) atoms. The van der Waals surface area contributed by atoms with Crippen LogP contribution in [0.1, 0.15) is 37.3 Å². The average molecular weight is 287 g/mol. The number of rotatable bonds is 4. The molecule has 1 saturated carbocycles. The van der Waals surface area contributed by atoms with Crippen molar-refractivity contribution < 1.29 is 8.42 Å². The van der Waals surface area contributed by atoms with Gasteiger partial charge in [-0.15, -0.1) is 11.3 Å². The van der Waals surface area contributed by atoms with E-state index in [0.29, 0.717) is 23.9 Å². The Hall–Kier alpha value is -0.660. The number of sulfonamides is 1. The van der Waals surface area contributed by atoms with E-state index in [-0.39, 0.29) is 5.25 Å². The molecular formula is C11H17N3O2S2. The lowest BCUT2D eigenvalue weighted by molar-refractivity contribution is 0.499. The maximum atomic E-state index is 12.2. The summed E-state index contributed by atoms with van der Waals surface area (Å²) in [5.74, 6) is 0.568. The molecule has 1 aliphatic carbocycles. The van der Waals surface area contributed by atoms with Crippen LogP contribution in [0, 0.1) is 0 Å². The Balaban J connectivity index is 1.69. The van der Waals surface area contributed by atoms with Crippen molar-refractivity contribution in [2.75, 3.05) is 17.8 Å². The molecule has 5 nitrogen and oxygen atoms in total. The molecule has 0 aromatic carbocycles. The summed E-state index contributed by atoms with van der Waals surface area (Å²) in [6.07, 6.45) is 3.72. The molecule has 1 aromatic rings. The Morgan fingerprint density at radius 3 is 2.67 bits per heavy atom. The minimum absolute atomic E-state index is 0.285. The number of nitrogens with zero attached hydrogens (tertiary/aromatic N) is 1. The molecule has 3 rings (SSSR count). The number of hydrogen-bond acceptors (Lipinski definition) is 5. The molecule has 100 valence electrons. The second-order valence-electron chi connectivity index (χ2n) is 4.95. The molecule has 0 radical (unpaired) electrons. The minimum Gasteiger partial charge on any atom is -0.317 e. The van der Waals surface area contributed by atoms with Crippen molar-refractivity contribution in [2.45, 2.75) is 36.9 Å². The Kier molecular flexibility index (Phi) is 3.29. The molecule has 0 spiro atoms. The van der Waals surface area contributed by atoms with Gasteiger partial charge in [0, 0.05) is 11.3 Å². The number of hydrogen-bond donors (Lipinski definition) is 2. The van der Waals surface area contributed by atoms with Crippen molar-refractivity contribution in [1.29, 1.82) is 0 Å². The van der Waals surface area contributed by atoms with E-state index in [0.717, 1.165) is 18.8 Å². The van der Waals surface area contributed by atoms with Gasteiger partial charge in [0.25, 0.3) is 0 Å². The summed E-state index contributed by atoms with van der Waals surface area (Å²) in [4.78, 5) is 4.36.